The van der Waals surface area contributed by atoms with E-state index in [0.29, 0.717) is 19.4 Å². The van der Waals surface area contributed by atoms with Gasteiger partial charge >= 0.3 is 0 Å². The molecule has 0 aromatic heterocycles. The molecule has 6 heteroatoms. The third-order valence-corrected chi connectivity index (χ3v) is 4.76. The van der Waals surface area contributed by atoms with E-state index in [9.17, 15) is 14.0 Å². The highest BCUT2D eigenvalue weighted by molar-refractivity contribution is 5.79. The third-order valence-electron chi connectivity index (χ3n) is 4.76. The third kappa shape index (κ3) is 6.12. The van der Waals surface area contributed by atoms with E-state index in [-0.39, 0.29) is 23.5 Å². The number of hydrogen-bond donors (Lipinski definition) is 1. The summed E-state index contributed by atoms with van der Waals surface area (Å²) < 4.78 is 12.9. The Labute approximate surface area is 149 Å². The zero-order valence-electron chi connectivity index (χ0n) is 15.1. The van der Waals surface area contributed by atoms with Crippen LogP contribution in [0.3, 0.4) is 0 Å². The van der Waals surface area contributed by atoms with Crippen LogP contribution < -0.4 is 5.32 Å². The van der Waals surface area contributed by atoms with Gasteiger partial charge in [0.25, 0.3) is 0 Å². The number of piperazine rings is 1. The summed E-state index contributed by atoms with van der Waals surface area (Å²) in [4.78, 5) is 28.4. The van der Waals surface area contributed by atoms with Crippen LogP contribution in [-0.2, 0) is 9.59 Å². The quantitative estimate of drug-likeness (QED) is 0.819. The average Bonchev–Trinajstić information content (AvgIpc) is 2.62. The molecule has 138 valence electrons. The fourth-order valence-electron chi connectivity index (χ4n) is 3.04. The zero-order chi connectivity index (χ0) is 18.2. The number of likely N-dealkylation sites (N-methyl/N-ethyl adjacent to an activating group) is 1. The first-order valence-corrected chi connectivity index (χ1v) is 9.02. The summed E-state index contributed by atoms with van der Waals surface area (Å²) in [5.74, 6) is -0.250. The second-order valence-corrected chi connectivity index (χ2v) is 6.57. The average molecular weight is 349 g/mol. The van der Waals surface area contributed by atoms with Crippen LogP contribution in [0.4, 0.5) is 4.39 Å². The molecular weight excluding hydrogens is 321 g/mol. The van der Waals surface area contributed by atoms with Crippen molar-refractivity contribution in [3.63, 3.8) is 0 Å². The zero-order valence-corrected chi connectivity index (χ0v) is 15.1. The number of benzene rings is 1. The molecule has 0 spiro atoms. The lowest BCUT2D eigenvalue weighted by Crippen LogP contribution is -2.49. The topological polar surface area (TPSA) is 52.6 Å². The molecule has 1 aromatic carbocycles. The van der Waals surface area contributed by atoms with E-state index in [2.05, 4.69) is 17.1 Å². The molecule has 0 radical (unpaired) electrons. The molecule has 2 rings (SSSR count). The van der Waals surface area contributed by atoms with Crippen molar-refractivity contribution in [2.75, 3.05) is 39.3 Å². The summed E-state index contributed by atoms with van der Waals surface area (Å²) in [6, 6.07) is 6.21. The molecule has 1 N–H and O–H groups in total. The Bertz CT molecular complexity index is 569. The van der Waals surface area contributed by atoms with Crippen molar-refractivity contribution >= 4 is 11.8 Å². The van der Waals surface area contributed by atoms with Gasteiger partial charge in [0.15, 0.2) is 0 Å². The molecular formula is C19H28FN3O2. The lowest BCUT2D eigenvalue weighted by molar-refractivity contribution is -0.132. The van der Waals surface area contributed by atoms with Crippen molar-refractivity contribution in [3.8, 4) is 0 Å². The Hall–Kier alpha value is -1.95. The van der Waals surface area contributed by atoms with Gasteiger partial charge in [-0.1, -0.05) is 26.0 Å². The minimum Gasteiger partial charge on any atom is -0.356 e. The maximum atomic E-state index is 12.9. The number of nitrogens with one attached hydrogen (secondary N) is 1. The molecule has 0 bridgehead atoms. The summed E-state index contributed by atoms with van der Waals surface area (Å²) in [5.41, 5.74) is 0.932. The molecule has 2 amide bonds. The fourth-order valence-corrected chi connectivity index (χ4v) is 3.04. The molecule has 0 saturated carbocycles. The first-order chi connectivity index (χ1) is 12.0. The van der Waals surface area contributed by atoms with Crippen molar-refractivity contribution in [3.05, 3.63) is 35.6 Å². The monoisotopic (exact) mass is 349 g/mol. The number of nitrogens with zero attached hydrogens (tertiary/aromatic N) is 2. The van der Waals surface area contributed by atoms with E-state index in [1.807, 2.05) is 11.8 Å². The highest BCUT2D eigenvalue weighted by Gasteiger charge is 2.20. The molecule has 1 saturated heterocycles. The van der Waals surface area contributed by atoms with E-state index in [4.69, 9.17) is 0 Å². The van der Waals surface area contributed by atoms with Gasteiger partial charge in [-0.05, 0) is 30.2 Å². The lowest BCUT2D eigenvalue weighted by Gasteiger charge is -2.34. The highest BCUT2D eigenvalue weighted by Crippen LogP contribution is 2.19. The maximum Gasteiger partial charge on any atom is 0.224 e. The van der Waals surface area contributed by atoms with Crippen LogP contribution in [-0.4, -0.2) is 60.9 Å². The van der Waals surface area contributed by atoms with Gasteiger partial charge in [0.1, 0.15) is 5.82 Å². The molecule has 25 heavy (non-hydrogen) atoms. The van der Waals surface area contributed by atoms with E-state index in [0.717, 1.165) is 38.3 Å². The predicted molar refractivity (Wildman–Crippen MR) is 95.8 cm³/mol. The van der Waals surface area contributed by atoms with E-state index < -0.39 is 0 Å². The van der Waals surface area contributed by atoms with Gasteiger partial charge in [0.2, 0.25) is 11.8 Å². The molecule has 5 nitrogen and oxygen atoms in total. The molecule has 0 aliphatic carbocycles. The van der Waals surface area contributed by atoms with Gasteiger partial charge in [-0.25, -0.2) is 4.39 Å². The van der Waals surface area contributed by atoms with Crippen LogP contribution in [0.15, 0.2) is 24.3 Å². The van der Waals surface area contributed by atoms with E-state index in [1.165, 1.54) is 12.1 Å². The Balaban J connectivity index is 1.66. The van der Waals surface area contributed by atoms with Gasteiger partial charge in [-0.3, -0.25) is 9.59 Å². The number of carbonyl (C=O) groups excluding carboxylic acids is 2. The Morgan fingerprint density at radius 1 is 1.16 bits per heavy atom. The van der Waals surface area contributed by atoms with E-state index in [1.54, 1.807) is 12.1 Å². The molecule has 1 fully saturated rings. The van der Waals surface area contributed by atoms with Crippen LogP contribution in [0, 0.1) is 5.82 Å². The van der Waals surface area contributed by atoms with Crippen molar-refractivity contribution < 1.29 is 14.0 Å². The van der Waals surface area contributed by atoms with Gasteiger partial charge < -0.3 is 15.1 Å². The minimum atomic E-state index is -0.279. The molecule has 1 atom stereocenters. The van der Waals surface area contributed by atoms with Crippen molar-refractivity contribution in [2.45, 2.75) is 32.6 Å². The van der Waals surface area contributed by atoms with Crippen LogP contribution in [0.1, 0.15) is 38.2 Å². The van der Waals surface area contributed by atoms with Crippen molar-refractivity contribution in [1.29, 1.82) is 0 Å². The summed E-state index contributed by atoms with van der Waals surface area (Å²) in [5, 5.41) is 2.81. The van der Waals surface area contributed by atoms with Crippen LogP contribution in [0.2, 0.25) is 0 Å². The van der Waals surface area contributed by atoms with Crippen LogP contribution in [0.5, 0.6) is 0 Å². The Kier molecular flexibility index (Phi) is 7.37. The maximum absolute atomic E-state index is 12.9. The number of carbonyl (C=O) groups is 2. The smallest absolute Gasteiger partial charge is 0.224 e. The Morgan fingerprint density at radius 3 is 2.40 bits per heavy atom. The second kappa shape index (κ2) is 9.51. The van der Waals surface area contributed by atoms with Gasteiger partial charge in [0, 0.05) is 45.6 Å². The van der Waals surface area contributed by atoms with Crippen molar-refractivity contribution in [1.82, 2.24) is 15.1 Å². The van der Waals surface area contributed by atoms with Crippen LogP contribution in [0.25, 0.3) is 0 Å². The number of rotatable bonds is 7. The minimum absolute atomic E-state index is 0.0124. The number of amides is 2. The number of hydrogen-bond acceptors (Lipinski definition) is 3. The summed E-state index contributed by atoms with van der Waals surface area (Å²) >= 11 is 0. The predicted octanol–water partition coefficient (Wildman–Crippen LogP) is 1.99. The largest absolute Gasteiger partial charge is 0.356 e. The lowest BCUT2D eigenvalue weighted by atomic mass is 9.97. The Morgan fingerprint density at radius 2 is 1.80 bits per heavy atom. The van der Waals surface area contributed by atoms with Crippen LogP contribution >= 0.6 is 0 Å². The normalized spacial score (nSPS) is 16.5. The summed E-state index contributed by atoms with van der Waals surface area (Å²) in [7, 11) is 0. The van der Waals surface area contributed by atoms with E-state index >= 15 is 0 Å². The SMILES string of the molecule is CCN1CCN(C(=O)CCNC(=O)CC(C)c2ccc(F)cc2)CC1. The first-order valence-electron chi connectivity index (χ1n) is 9.02. The second-order valence-electron chi connectivity index (χ2n) is 6.57. The standard InChI is InChI=1S/C19H28FN3O2/c1-3-22-10-12-23(13-11-22)19(25)8-9-21-18(24)14-15(2)16-4-6-17(20)7-5-16/h4-7,15H,3,8-14H2,1-2H3,(H,21,24). The molecule has 1 unspecified atom stereocenters. The molecule has 1 heterocycles. The summed E-state index contributed by atoms with van der Waals surface area (Å²) in [6.45, 7) is 8.81. The first kappa shape index (κ1) is 19.4. The van der Waals surface area contributed by atoms with Gasteiger partial charge in [-0.2, -0.15) is 0 Å². The number of halogens is 1. The van der Waals surface area contributed by atoms with Crippen molar-refractivity contribution in [2.24, 2.45) is 0 Å². The summed E-state index contributed by atoms with van der Waals surface area (Å²) in [6.07, 6.45) is 0.664. The fraction of sp³-hybridized carbons (Fsp3) is 0.579. The molecule has 1 aliphatic heterocycles. The molecule has 1 aromatic rings. The van der Waals surface area contributed by atoms with Gasteiger partial charge in [0.05, 0.1) is 0 Å². The molecule has 1 aliphatic rings. The highest BCUT2D eigenvalue weighted by atomic mass is 19.1. The van der Waals surface area contributed by atoms with Gasteiger partial charge in [-0.15, -0.1) is 0 Å².